The molecule has 9 heteroatoms. The van der Waals surface area contributed by atoms with E-state index in [2.05, 4.69) is 14.6 Å². The summed E-state index contributed by atoms with van der Waals surface area (Å²) in [6.07, 6.45) is -3.55. The highest BCUT2D eigenvalue weighted by molar-refractivity contribution is 7.98. The zero-order valence-corrected chi connectivity index (χ0v) is 10.4. The molecule has 18 heavy (non-hydrogen) atoms. The molecule has 96 valence electrons. The molecular weight excluding hydrogens is 285 g/mol. The molecule has 2 rings (SSSR count). The Morgan fingerprint density at radius 3 is 2.61 bits per heavy atom. The van der Waals surface area contributed by atoms with Crippen molar-refractivity contribution in [2.45, 2.75) is 17.0 Å². The second kappa shape index (κ2) is 5.11. The van der Waals surface area contributed by atoms with Crippen molar-refractivity contribution in [3.63, 3.8) is 0 Å². The van der Waals surface area contributed by atoms with Crippen LogP contribution >= 0.6 is 23.3 Å². The van der Waals surface area contributed by atoms with Gasteiger partial charge in [0.2, 0.25) is 0 Å². The summed E-state index contributed by atoms with van der Waals surface area (Å²) in [5.74, 6) is 0.431. The fraction of sp³-hybridized carbons (Fsp3) is 0.222. The Hall–Kier alpha value is -1.35. The number of anilines is 1. The molecule has 0 radical (unpaired) electrons. The maximum Gasteiger partial charge on any atom is 0.417 e. The minimum Gasteiger partial charge on any atom is -0.388 e. The van der Waals surface area contributed by atoms with Crippen molar-refractivity contribution in [3.8, 4) is 0 Å². The number of hydrogen-bond acceptors (Lipinski definition) is 6. The number of aromatic nitrogens is 3. The fourth-order valence-electron chi connectivity index (χ4n) is 1.09. The van der Waals surface area contributed by atoms with Crippen molar-refractivity contribution in [3.05, 3.63) is 29.6 Å². The molecule has 0 atom stereocenters. The molecule has 2 heterocycles. The van der Waals surface area contributed by atoms with Crippen LogP contribution in [0.4, 0.5) is 18.2 Å². The topological polar surface area (TPSA) is 64.7 Å². The lowest BCUT2D eigenvalue weighted by atomic mass is 10.3. The molecule has 0 bridgehead atoms. The van der Waals surface area contributed by atoms with Crippen LogP contribution in [-0.2, 0) is 11.9 Å². The molecule has 2 aromatic rings. The number of halogens is 3. The van der Waals surface area contributed by atoms with Crippen molar-refractivity contribution in [2.24, 2.45) is 0 Å². The number of nitrogen functional groups attached to an aromatic ring is 1. The molecular formula is C9H7F3N4S2. The highest BCUT2D eigenvalue weighted by Gasteiger charge is 2.30. The molecule has 0 aromatic carbocycles. The molecule has 2 N–H and O–H groups in total. The van der Waals surface area contributed by atoms with Crippen LogP contribution in [0, 0.1) is 0 Å². The molecule has 0 unspecified atom stereocenters. The number of thioether (sulfide) groups is 1. The minimum absolute atomic E-state index is 0.431. The van der Waals surface area contributed by atoms with Crippen LogP contribution < -0.4 is 5.73 Å². The van der Waals surface area contributed by atoms with Gasteiger partial charge >= 0.3 is 6.18 Å². The Labute approximate surface area is 109 Å². The van der Waals surface area contributed by atoms with Gasteiger partial charge in [0, 0.05) is 23.5 Å². The summed E-state index contributed by atoms with van der Waals surface area (Å²) < 4.78 is 40.6. The van der Waals surface area contributed by atoms with Gasteiger partial charge in [0.25, 0.3) is 0 Å². The summed E-state index contributed by atoms with van der Waals surface area (Å²) in [7, 11) is 0. The smallest absolute Gasteiger partial charge is 0.388 e. The third kappa shape index (κ3) is 3.10. The van der Waals surface area contributed by atoms with E-state index in [0.717, 1.165) is 23.8 Å². The SMILES string of the molecule is Nc1snnc1CSc1ccc(C(F)(F)F)cn1. The van der Waals surface area contributed by atoms with Crippen molar-refractivity contribution in [2.75, 3.05) is 5.73 Å². The first-order valence-corrected chi connectivity index (χ1v) is 6.45. The summed E-state index contributed by atoms with van der Waals surface area (Å²) in [6, 6.07) is 2.32. The van der Waals surface area contributed by atoms with Crippen LogP contribution in [0.15, 0.2) is 23.4 Å². The Morgan fingerprint density at radius 2 is 2.11 bits per heavy atom. The van der Waals surface area contributed by atoms with Gasteiger partial charge in [-0.25, -0.2) is 4.98 Å². The molecule has 0 fully saturated rings. The van der Waals surface area contributed by atoms with Crippen molar-refractivity contribution >= 4 is 28.3 Å². The van der Waals surface area contributed by atoms with Gasteiger partial charge in [0.15, 0.2) is 0 Å². The van der Waals surface area contributed by atoms with Gasteiger partial charge < -0.3 is 5.73 Å². The lowest BCUT2D eigenvalue weighted by Gasteiger charge is -2.06. The van der Waals surface area contributed by atoms with Crippen LogP contribution in [0.2, 0.25) is 0 Å². The van der Waals surface area contributed by atoms with Crippen molar-refractivity contribution in [1.29, 1.82) is 0 Å². The maximum atomic E-state index is 12.3. The van der Waals surface area contributed by atoms with E-state index in [0.29, 0.717) is 21.5 Å². The summed E-state index contributed by atoms with van der Waals surface area (Å²) in [4.78, 5) is 3.73. The van der Waals surface area contributed by atoms with E-state index in [1.165, 1.54) is 17.8 Å². The van der Waals surface area contributed by atoms with Gasteiger partial charge in [-0.1, -0.05) is 16.3 Å². The normalized spacial score (nSPS) is 11.7. The van der Waals surface area contributed by atoms with Gasteiger partial charge in [-0.2, -0.15) is 13.2 Å². The molecule has 0 aliphatic carbocycles. The van der Waals surface area contributed by atoms with E-state index in [-0.39, 0.29) is 0 Å². The molecule has 2 aromatic heterocycles. The third-order valence-corrected chi connectivity index (χ3v) is 3.56. The van der Waals surface area contributed by atoms with Crippen LogP contribution in [0.1, 0.15) is 11.3 Å². The second-order valence-corrected chi connectivity index (χ2v) is 5.04. The monoisotopic (exact) mass is 292 g/mol. The van der Waals surface area contributed by atoms with E-state index in [1.54, 1.807) is 0 Å². The lowest BCUT2D eigenvalue weighted by Crippen LogP contribution is -2.05. The number of nitrogens with two attached hydrogens (primary N) is 1. The summed E-state index contributed by atoms with van der Waals surface area (Å²) in [5.41, 5.74) is 5.45. The largest absolute Gasteiger partial charge is 0.417 e. The number of rotatable bonds is 3. The molecule has 4 nitrogen and oxygen atoms in total. The Morgan fingerprint density at radius 1 is 1.33 bits per heavy atom. The molecule has 0 spiro atoms. The average molecular weight is 292 g/mol. The molecule has 0 amide bonds. The molecule has 0 aliphatic rings. The number of alkyl halides is 3. The zero-order valence-electron chi connectivity index (χ0n) is 8.81. The maximum absolute atomic E-state index is 12.3. The van der Waals surface area contributed by atoms with Crippen molar-refractivity contribution < 1.29 is 13.2 Å². The second-order valence-electron chi connectivity index (χ2n) is 3.26. The predicted molar refractivity (Wildman–Crippen MR) is 63.1 cm³/mol. The summed E-state index contributed by atoms with van der Waals surface area (Å²) in [5, 5.41) is 4.79. The van der Waals surface area contributed by atoms with Crippen molar-refractivity contribution in [1.82, 2.24) is 14.6 Å². The van der Waals surface area contributed by atoms with E-state index in [4.69, 9.17) is 5.73 Å². The zero-order chi connectivity index (χ0) is 13.2. The van der Waals surface area contributed by atoms with Gasteiger partial charge in [-0.3, -0.25) is 0 Å². The molecule has 0 saturated carbocycles. The first-order valence-electron chi connectivity index (χ1n) is 4.69. The average Bonchev–Trinajstić information content (AvgIpc) is 2.72. The van der Waals surface area contributed by atoms with Gasteiger partial charge in [0.1, 0.15) is 10.7 Å². The molecule has 0 aliphatic heterocycles. The lowest BCUT2D eigenvalue weighted by molar-refractivity contribution is -0.137. The van der Waals surface area contributed by atoms with E-state index in [1.807, 2.05) is 0 Å². The first kappa shape index (κ1) is 13.1. The Bertz CT molecular complexity index is 523. The highest BCUT2D eigenvalue weighted by atomic mass is 32.2. The first-order chi connectivity index (χ1) is 8.47. The van der Waals surface area contributed by atoms with Crippen LogP contribution in [0.25, 0.3) is 0 Å². The van der Waals surface area contributed by atoms with Crippen LogP contribution in [-0.4, -0.2) is 14.6 Å². The number of hydrogen-bond donors (Lipinski definition) is 1. The Balaban J connectivity index is 2.01. The highest BCUT2D eigenvalue weighted by Crippen LogP contribution is 2.30. The quantitative estimate of drug-likeness (QED) is 0.881. The van der Waals surface area contributed by atoms with E-state index >= 15 is 0 Å². The van der Waals surface area contributed by atoms with E-state index in [9.17, 15) is 13.2 Å². The summed E-state index contributed by atoms with van der Waals surface area (Å²) in [6.45, 7) is 0. The van der Waals surface area contributed by atoms with Crippen LogP contribution in [0.5, 0.6) is 0 Å². The number of pyridine rings is 1. The Kier molecular flexibility index (Phi) is 3.71. The third-order valence-electron chi connectivity index (χ3n) is 2.01. The van der Waals surface area contributed by atoms with Crippen LogP contribution in [0.3, 0.4) is 0 Å². The molecule has 0 saturated heterocycles. The number of nitrogens with zero attached hydrogens (tertiary/aromatic N) is 3. The fourth-order valence-corrected chi connectivity index (χ4v) is 2.42. The summed E-state index contributed by atoms with van der Waals surface area (Å²) >= 11 is 2.34. The van der Waals surface area contributed by atoms with Gasteiger partial charge in [0.05, 0.1) is 10.6 Å². The van der Waals surface area contributed by atoms with Gasteiger partial charge in [-0.15, -0.1) is 5.10 Å². The minimum atomic E-state index is -4.36. The standard InChI is InChI=1S/C9H7F3N4S2/c10-9(11,12)5-1-2-7(14-3-5)17-4-6-8(13)18-16-15-6/h1-3H,4,13H2. The van der Waals surface area contributed by atoms with E-state index < -0.39 is 11.7 Å². The van der Waals surface area contributed by atoms with Gasteiger partial charge in [-0.05, 0) is 12.1 Å². The predicted octanol–water partition coefficient (Wildman–Crippen LogP) is 2.83.